The predicted octanol–water partition coefficient (Wildman–Crippen LogP) is 0.145. The first-order valence-corrected chi connectivity index (χ1v) is 7.13. The van der Waals surface area contributed by atoms with Gasteiger partial charge in [-0.15, -0.1) is 0 Å². The van der Waals surface area contributed by atoms with E-state index in [9.17, 15) is 9.59 Å². The summed E-state index contributed by atoms with van der Waals surface area (Å²) in [5.74, 6) is 0.331. The summed E-state index contributed by atoms with van der Waals surface area (Å²) in [6.07, 6.45) is 3.48. The third-order valence-corrected chi connectivity index (χ3v) is 4.27. The molecule has 2 aliphatic heterocycles. The molecule has 0 unspecified atom stereocenters. The number of likely N-dealkylation sites (tertiary alicyclic amines) is 2. The first-order chi connectivity index (χ1) is 10.2. The van der Waals surface area contributed by atoms with E-state index in [0.29, 0.717) is 19.6 Å². The van der Waals surface area contributed by atoms with E-state index in [-0.39, 0.29) is 30.3 Å². The van der Waals surface area contributed by atoms with E-state index >= 15 is 0 Å². The molecule has 21 heavy (non-hydrogen) atoms. The molecule has 3 rings (SSSR count). The summed E-state index contributed by atoms with van der Waals surface area (Å²) in [7, 11) is 1.51. The Morgan fingerprint density at radius 1 is 1.33 bits per heavy atom. The number of pyridine rings is 1. The van der Waals surface area contributed by atoms with Gasteiger partial charge < -0.3 is 14.5 Å². The Morgan fingerprint density at radius 2 is 2.10 bits per heavy atom. The van der Waals surface area contributed by atoms with Crippen LogP contribution in [-0.2, 0) is 20.9 Å². The molecule has 0 N–H and O–H groups in total. The van der Waals surface area contributed by atoms with Crippen LogP contribution in [0.25, 0.3) is 0 Å². The monoisotopic (exact) mass is 289 g/mol. The molecule has 0 radical (unpaired) electrons. The molecule has 3 heterocycles. The van der Waals surface area contributed by atoms with E-state index in [1.54, 1.807) is 17.3 Å². The Balaban J connectivity index is 1.61. The number of ether oxygens (including phenoxy) is 1. The summed E-state index contributed by atoms with van der Waals surface area (Å²) in [6.45, 7) is 2.63. The van der Waals surface area contributed by atoms with Crippen molar-refractivity contribution in [3.8, 4) is 0 Å². The van der Waals surface area contributed by atoms with Crippen LogP contribution in [0.15, 0.2) is 24.5 Å². The second kappa shape index (κ2) is 5.81. The van der Waals surface area contributed by atoms with Gasteiger partial charge in [-0.05, 0) is 17.7 Å². The van der Waals surface area contributed by atoms with E-state index in [2.05, 4.69) is 4.98 Å². The number of methoxy groups -OCH3 is 1. The van der Waals surface area contributed by atoms with Gasteiger partial charge in [0.2, 0.25) is 11.8 Å². The smallest absolute Gasteiger partial charge is 0.248 e. The standard InChI is InChI=1S/C15H19N3O3/c1-21-10-14(19)17-7-12-8-18(15(20)13(12)9-17)6-11-2-4-16-5-3-11/h2-5,12-13H,6-10H2,1H3/t12-,13-/m1/s1. The normalized spacial score (nSPS) is 24.5. The molecular weight excluding hydrogens is 270 g/mol. The molecule has 2 fully saturated rings. The van der Waals surface area contributed by atoms with Crippen LogP contribution < -0.4 is 0 Å². The van der Waals surface area contributed by atoms with Gasteiger partial charge in [-0.3, -0.25) is 14.6 Å². The number of rotatable bonds is 4. The van der Waals surface area contributed by atoms with Gasteiger partial charge in [-0.1, -0.05) is 0 Å². The van der Waals surface area contributed by atoms with Crippen LogP contribution >= 0.6 is 0 Å². The zero-order valence-electron chi connectivity index (χ0n) is 12.1. The maximum absolute atomic E-state index is 12.5. The molecule has 1 aromatic heterocycles. The van der Waals surface area contributed by atoms with Crippen molar-refractivity contribution in [3.63, 3.8) is 0 Å². The summed E-state index contributed by atoms with van der Waals surface area (Å²) < 4.78 is 4.87. The second-order valence-electron chi connectivity index (χ2n) is 5.67. The van der Waals surface area contributed by atoms with Crippen LogP contribution in [0.5, 0.6) is 0 Å². The minimum atomic E-state index is -0.0485. The number of aromatic nitrogens is 1. The molecule has 6 nitrogen and oxygen atoms in total. The van der Waals surface area contributed by atoms with Crippen LogP contribution in [0.2, 0.25) is 0 Å². The topological polar surface area (TPSA) is 62.7 Å². The molecule has 112 valence electrons. The third kappa shape index (κ3) is 2.76. The van der Waals surface area contributed by atoms with E-state index in [1.807, 2.05) is 17.0 Å². The fourth-order valence-electron chi connectivity index (χ4n) is 3.21. The number of hydrogen-bond acceptors (Lipinski definition) is 4. The molecular formula is C15H19N3O3. The van der Waals surface area contributed by atoms with Crippen LogP contribution in [0.4, 0.5) is 0 Å². The highest BCUT2D eigenvalue weighted by molar-refractivity contribution is 5.84. The van der Waals surface area contributed by atoms with E-state index in [1.165, 1.54) is 7.11 Å². The first-order valence-electron chi connectivity index (χ1n) is 7.13. The van der Waals surface area contributed by atoms with Crippen molar-refractivity contribution in [2.45, 2.75) is 6.54 Å². The van der Waals surface area contributed by atoms with Crippen molar-refractivity contribution in [1.29, 1.82) is 0 Å². The Labute approximate surface area is 123 Å². The van der Waals surface area contributed by atoms with E-state index in [4.69, 9.17) is 4.74 Å². The highest BCUT2D eigenvalue weighted by Crippen LogP contribution is 2.33. The van der Waals surface area contributed by atoms with E-state index < -0.39 is 0 Å². The van der Waals surface area contributed by atoms with Gasteiger partial charge in [0.25, 0.3) is 0 Å². The number of carbonyl (C=O) groups is 2. The highest BCUT2D eigenvalue weighted by atomic mass is 16.5. The lowest BCUT2D eigenvalue weighted by Gasteiger charge is -2.21. The summed E-state index contributed by atoms with van der Waals surface area (Å²) in [5, 5.41) is 0. The lowest BCUT2D eigenvalue weighted by molar-refractivity contribution is -0.136. The molecule has 2 aliphatic rings. The number of amides is 2. The summed E-state index contributed by atoms with van der Waals surface area (Å²) >= 11 is 0. The van der Waals surface area contributed by atoms with Crippen molar-refractivity contribution < 1.29 is 14.3 Å². The molecule has 0 bridgehead atoms. The number of hydrogen-bond donors (Lipinski definition) is 0. The zero-order chi connectivity index (χ0) is 14.8. The molecule has 6 heteroatoms. The second-order valence-corrected chi connectivity index (χ2v) is 5.67. The third-order valence-electron chi connectivity index (χ3n) is 4.27. The van der Waals surface area contributed by atoms with Crippen molar-refractivity contribution in [2.24, 2.45) is 11.8 Å². The van der Waals surface area contributed by atoms with Gasteiger partial charge in [0.1, 0.15) is 6.61 Å². The minimum absolute atomic E-state index is 0.0274. The predicted molar refractivity (Wildman–Crippen MR) is 75.1 cm³/mol. The van der Waals surface area contributed by atoms with Gasteiger partial charge in [-0.25, -0.2) is 0 Å². The van der Waals surface area contributed by atoms with Crippen molar-refractivity contribution >= 4 is 11.8 Å². The Kier molecular flexibility index (Phi) is 3.88. The van der Waals surface area contributed by atoms with Gasteiger partial charge in [-0.2, -0.15) is 0 Å². The number of fused-ring (bicyclic) bond motifs is 1. The summed E-state index contributed by atoms with van der Waals surface area (Å²) in [6, 6.07) is 3.85. The molecule has 1 aromatic rings. The molecule has 0 spiro atoms. The van der Waals surface area contributed by atoms with E-state index in [0.717, 1.165) is 12.1 Å². The first kappa shape index (κ1) is 14.0. The lowest BCUT2D eigenvalue weighted by atomic mass is 10.0. The van der Waals surface area contributed by atoms with Crippen molar-refractivity contribution in [1.82, 2.24) is 14.8 Å². The zero-order valence-corrected chi connectivity index (χ0v) is 12.1. The lowest BCUT2D eigenvalue weighted by Crippen LogP contribution is -2.36. The quantitative estimate of drug-likeness (QED) is 0.791. The van der Waals surface area contributed by atoms with Gasteiger partial charge >= 0.3 is 0 Å². The van der Waals surface area contributed by atoms with Crippen LogP contribution in [0.1, 0.15) is 5.56 Å². The van der Waals surface area contributed by atoms with Gasteiger partial charge in [0, 0.05) is 51.6 Å². The SMILES string of the molecule is COCC(=O)N1C[C@@H]2CN(Cc3ccncc3)C(=O)[C@@H]2C1. The molecule has 2 saturated heterocycles. The summed E-state index contributed by atoms with van der Waals surface area (Å²) in [4.78, 5) is 31.9. The van der Waals surface area contributed by atoms with Gasteiger partial charge in [0.15, 0.2) is 0 Å². The average molecular weight is 289 g/mol. The Hall–Kier alpha value is -1.95. The maximum atomic E-state index is 12.5. The minimum Gasteiger partial charge on any atom is -0.375 e. The summed E-state index contributed by atoms with van der Waals surface area (Å²) in [5.41, 5.74) is 1.09. The number of carbonyl (C=O) groups excluding carboxylic acids is 2. The molecule has 0 aliphatic carbocycles. The molecule has 0 saturated carbocycles. The largest absolute Gasteiger partial charge is 0.375 e. The fourth-order valence-corrected chi connectivity index (χ4v) is 3.21. The van der Waals surface area contributed by atoms with Gasteiger partial charge in [0.05, 0.1) is 5.92 Å². The Morgan fingerprint density at radius 3 is 2.76 bits per heavy atom. The van der Waals surface area contributed by atoms with Crippen molar-refractivity contribution in [3.05, 3.63) is 30.1 Å². The number of nitrogens with zero attached hydrogens (tertiary/aromatic N) is 3. The van der Waals surface area contributed by atoms with Crippen LogP contribution in [0, 0.1) is 11.8 Å². The highest BCUT2D eigenvalue weighted by Gasteiger charge is 2.47. The average Bonchev–Trinajstić information content (AvgIpc) is 3.02. The maximum Gasteiger partial charge on any atom is 0.248 e. The van der Waals surface area contributed by atoms with Crippen LogP contribution in [-0.4, -0.2) is 59.9 Å². The Bertz CT molecular complexity index is 534. The van der Waals surface area contributed by atoms with Crippen molar-refractivity contribution in [2.75, 3.05) is 33.4 Å². The van der Waals surface area contributed by atoms with Crippen LogP contribution in [0.3, 0.4) is 0 Å². The fraction of sp³-hybridized carbons (Fsp3) is 0.533. The molecule has 2 amide bonds. The molecule has 2 atom stereocenters. The molecule has 0 aromatic carbocycles.